The van der Waals surface area contributed by atoms with Crippen LogP contribution in [0, 0.1) is 0 Å². The molecule has 0 rings (SSSR count). The van der Waals surface area contributed by atoms with Crippen molar-refractivity contribution in [3.63, 3.8) is 0 Å². The Morgan fingerprint density at radius 3 is 0.973 bits per heavy atom. The van der Waals surface area contributed by atoms with Gasteiger partial charge in [-0.15, -0.1) is 0 Å². The first-order chi connectivity index (χ1) is 18.2. The summed E-state index contributed by atoms with van der Waals surface area (Å²) < 4.78 is 5.78. The molecule has 0 unspecified atom stereocenters. The normalized spacial score (nSPS) is 11.1. The van der Waals surface area contributed by atoms with Crippen LogP contribution in [0.4, 0.5) is 0 Å². The monoisotopic (exact) mass is 612 g/mol. The molecule has 9 heteroatoms. The van der Waals surface area contributed by atoms with Gasteiger partial charge in [-0.3, -0.25) is 19.0 Å². The summed E-state index contributed by atoms with van der Waals surface area (Å²) in [7, 11) is 7.33. The molecule has 0 aliphatic carbocycles. The highest BCUT2D eigenvalue weighted by molar-refractivity contribution is 9.35. The molecule has 0 aromatic carbocycles. The molecule has 0 spiro atoms. The van der Waals surface area contributed by atoms with Gasteiger partial charge in [-0.1, -0.05) is 142 Å². The quantitative estimate of drug-likeness (QED) is 0.0475. The van der Waals surface area contributed by atoms with Crippen molar-refractivity contribution >= 4 is 63.3 Å². The van der Waals surface area contributed by atoms with Gasteiger partial charge in [0.2, 0.25) is 11.8 Å². The van der Waals surface area contributed by atoms with Crippen molar-refractivity contribution in [2.45, 2.75) is 168 Å². The minimum absolute atomic E-state index is 0.118. The average molecular weight is 613 g/mol. The molecule has 0 aromatic rings. The van der Waals surface area contributed by atoms with E-state index in [1.165, 1.54) is 157 Å². The van der Waals surface area contributed by atoms with Crippen molar-refractivity contribution in [2.24, 2.45) is 0 Å². The summed E-state index contributed by atoms with van der Waals surface area (Å²) >= 11 is 0. The van der Waals surface area contributed by atoms with Gasteiger partial charge in [-0.25, -0.2) is 0 Å². The van der Waals surface area contributed by atoms with Crippen molar-refractivity contribution in [1.29, 1.82) is 0 Å². The molecule has 0 aliphatic heterocycles. The van der Waals surface area contributed by atoms with Crippen LogP contribution in [-0.4, -0.2) is 11.8 Å². The van der Waals surface area contributed by atoms with Gasteiger partial charge in [-0.05, 0) is 12.8 Å². The summed E-state index contributed by atoms with van der Waals surface area (Å²) in [6, 6.07) is 0. The second kappa shape index (κ2) is 32.9. The van der Waals surface area contributed by atoms with Gasteiger partial charge in [0.05, 0.1) is 0 Å². The van der Waals surface area contributed by atoms with Gasteiger partial charge < -0.3 is 0 Å². The zero-order valence-electron chi connectivity index (χ0n) is 23.8. The lowest BCUT2D eigenvalue weighted by atomic mass is 10.1. The summed E-state index contributed by atoms with van der Waals surface area (Å²) in [6.45, 7) is 4.53. The maximum Gasteiger partial charge on any atom is 0.230 e. The van der Waals surface area contributed by atoms with Gasteiger partial charge in [0.15, 0.2) is 0 Å². The van der Waals surface area contributed by atoms with E-state index in [-0.39, 0.29) is 11.8 Å². The van der Waals surface area contributed by atoms with Crippen LogP contribution in [0.3, 0.4) is 0 Å². The van der Waals surface area contributed by atoms with E-state index < -0.39 is 0 Å². The van der Waals surface area contributed by atoms with E-state index in [0.29, 0.717) is 12.8 Å². The molecule has 4 nitrogen and oxygen atoms in total. The first kappa shape index (κ1) is 37.7. The molecule has 0 radical (unpaired) electrons. The van der Waals surface area contributed by atoms with E-state index in [0.717, 1.165) is 25.7 Å². The second-order valence-corrected chi connectivity index (χ2v) is 17.0. The molecule has 0 atom stereocenters. The number of rotatable bonds is 30. The van der Waals surface area contributed by atoms with E-state index in [2.05, 4.69) is 23.3 Å². The molecule has 2 N–H and O–H groups in total. The third kappa shape index (κ3) is 32.8. The molecule has 0 fully saturated rings. The van der Waals surface area contributed by atoms with Crippen molar-refractivity contribution in [1.82, 2.24) is 9.44 Å². The molecule has 0 saturated heterocycles. The van der Waals surface area contributed by atoms with Gasteiger partial charge in [0.25, 0.3) is 0 Å². The predicted octanol–water partition coefficient (Wildman–Crippen LogP) is 11.8. The summed E-state index contributed by atoms with van der Waals surface area (Å²) in [5, 5.41) is 0. The Hall–Kier alpha value is 0.690. The third-order valence-corrected chi connectivity index (χ3v) is 13.8. The molecule has 0 saturated carbocycles. The van der Waals surface area contributed by atoms with E-state index >= 15 is 0 Å². The summed E-state index contributed by atoms with van der Waals surface area (Å²) in [5.74, 6) is 0.235. The summed E-state index contributed by atoms with van der Waals surface area (Å²) in [4.78, 5) is 23.8. The highest BCUT2D eigenvalue weighted by atomic mass is 33.8. The van der Waals surface area contributed by atoms with Gasteiger partial charge in [-0.2, -0.15) is 0 Å². The molecule has 0 heterocycles. The molecule has 37 heavy (non-hydrogen) atoms. The summed E-state index contributed by atoms with van der Waals surface area (Å²) in [6.07, 6.45) is 29.8. The minimum Gasteiger partial charge on any atom is -0.290 e. The minimum atomic E-state index is 0.118. The largest absolute Gasteiger partial charge is 0.290 e. The van der Waals surface area contributed by atoms with Crippen LogP contribution >= 0.6 is 51.4 Å². The van der Waals surface area contributed by atoms with E-state index in [1.807, 2.05) is 0 Å². The lowest BCUT2D eigenvalue weighted by Crippen LogP contribution is -2.13. The Morgan fingerprint density at radius 1 is 0.405 bits per heavy atom. The molecular weight excluding hydrogens is 557 g/mol. The average Bonchev–Trinajstić information content (AvgIpc) is 2.89. The van der Waals surface area contributed by atoms with Gasteiger partial charge in [0, 0.05) is 64.3 Å². The fraction of sp³-hybridized carbons (Fsp3) is 0.929. The van der Waals surface area contributed by atoms with Crippen molar-refractivity contribution < 1.29 is 9.59 Å². The van der Waals surface area contributed by atoms with Gasteiger partial charge in [0.1, 0.15) is 0 Å². The maximum atomic E-state index is 11.9. The van der Waals surface area contributed by atoms with Crippen molar-refractivity contribution in [3.05, 3.63) is 0 Å². The fourth-order valence-corrected chi connectivity index (χ4v) is 11.0. The highest BCUT2D eigenvalue weighted by Crippen LogP contribution is 2.46. The Labute approximate surface area is 249 Å². The molecule has 2 amide bonds. The topological polar surface area (TPSA) is 58.2 Å². The molecule has 0 aliphatic rings. The lowest BCUT2D eigenvalue weighted by molar-refractivity contribution is -0.120. The number of hydrogen-bond acceptors (Lipinski definition) is 7. The smallest absolute Gasteiger partial charge is 0.230 e. The predicted molar refractivity (Wildman–Crippen MR) is 176 cm³/mol. The number of carbonyl (C=O) groups excluding carboxylic acids is 2. The van der Waals surface area contributed by atoms with Crippen molar-refractivity contribution in [2.75, 3.05) is 0 Å². The Balaban J connectivity index is 3.26. The lowest BCUT2D eigenvalue weighted by Gasteiger charge is -2.05. The maximum absolute atomic E-state index is 11.9. The van der Waals surface area contributed by atoms with Crippen LogP contribution in [0.5, 0.6) is 0 Å². The number of carbonyl (C=O) groups is 2. The Bertz CT molecular complexity index is 459. The van der Waals surface area contributed by atoms with Crippen LogP contribution in [0.2, 0.25) is 0 Å². The Kier molecular flexibility index (Phi) is 33.5. The zero-order chi connectivity index (χ0) is 27.1. The standard InChI is InChI=1S/C28H56N2O2S5/c1-3-5-7-9-11-13-15-17-19-21-23-25-27(31)29-33-35-37-36-34-30-28(32)26-24-22-20-18-16-14-12-10-8-6-4-2/h3-26H2,1-2H3,(H,29,31)(H,30,32). The molecule has 0 aromatic heterocycles. The third-order valence-electron chi connectivity index (χ3n) is 6.45. The Morgan fingerprint density at radius 2 is 0.676 bits per heavy atom. The van der Waals surface area contributed by atoms with E-state index in [9.17, 15) is 9.59 Å². The molecular formula is C28H56N2O2S5. The number of unbranched alkanes of at least 4 members (excludes halogenated alkanes) is 20. The first-order valence-electron chi connectivity index (χ1n) is 15.1. The second-order valence-electron chi connectivity index (χ2n) is 9.99. The number of hydrogen-bond donors (Lipinski definition) is 2. The van der Waals surface area contributed by atoms with Crippen LogP contribution < -0.4 is 9.44 Å². The van der Waals surface area contributed by atoms with Crippen LogP contribution in [0.15, 0.2) is 0 Å². The van der Waals surface area contributed by atoms with Crippen molar-refractivity contribution in [3.8, 4) is 0 Å². The highest BCUT2D eigenvalue weighted by Gasteiger charge is 2.04. The SMILES string of the molecule is CCCCCCCCCCCCCC(=O)NSSSSSNC(=O)CCCCCCCCCCCCC. The van der Waals surface area contributed by atoms with Gasteiger partial charge >= 0.3 is 0 Å². The number of amides is 2. The number of nitrogens with one attached hydrogen (secondary N) is 2. The summed E-state index contributed by atoms with van der Waals surface area (Å²) in [5.41, 5.74) is 0. The van der Waals surface area contributed by atoms with Crippen LogP contribution in [0.25, 0.3) is 0 Å². The zero-order valence-corrected chi connectivity index (χ0v) is 27.9. The first-order valence-corrected chi connectivity index (χ1v) is 21.3. The molecule has 220 valence electrons. The van der Waals surface area contributed by atoms with Crippen LogP contribution in [0.1, 0.15) is 168 Å². The van der Waals surface area contributed by atoms with Crippen LogP contribution in [-0.2, 0) is 9.59 Å². The van der Waals surface area contributed by atoms with E-state index in [1.54, 1.807) is 9.83 Å². The van der Waals surface area contributed by atoms with E-state index in [4.69, 9.17) is 0 Å². The fourth-order valence-electron chi connectivity index (χ4n) is 4.17. The molecule has 0 bridgehead atoms.